The second kappa shape index (κ2) is 8.03. The maximum atomic E-state index is 13.0. The average Bonchev–Trinajstić information content (AvgIpc) is 3.22. The van der Waals surface area contributed by atoms with Crippen LogP contribution in [0.15, 0.2) is 46.3 Å². The molecule has 0 unspecified atom stereocenters. The van der Waals surface area contributed by atoms with Crippen molar-refractivity contribution in [3.8, 4) is 5.69 Å². The summed E-state index contributed by atoms with van der Waals surface area (Å²) in [6.07, 6.45) is 0. The van der Waals surface area contributed by atoms with E-state index in [-0.39, 0.29) is 17.2 Å². The van der Waals surface area contributed by atoms with Crippen LogP contribution in [-0.2, 0) is 11.8 Å². The topological polar surface area (TPSA) is 99.1 Å². The summed E-state index contributed by atoms with van der Waals surface area (Å²) in [6, 6.07) is 11.2. The number of amides is 1. The molecule has 0 radical (unpaired) electrons. The number of aromatic nitrogens is 6. The second-order valence-corrected chi connectivity index (χ2v) is 8.64. The van der Waals surface area contributed by atoms with Gasteiger partial charge < -0.3 is 5.32 Å². The Morgan fingerprint density at radius 2 is 1.84 bits per heavy atom. The Kier molecular flexibility index (Phi) is 5.40. The van der Waals surface area contributed by atoms with Crippen LogP contribution in [0, 0.1) is 20.8 Å². The largest absolute Gasteiger partial charge is 0.319 e. The van der Waals surface area contributed by atoms with Gasteiger partial charge in [-0.25, -0.2) is 14.2 Å². The number of hydrogen-bond acceptors (Lipinski definition) is 6. The number of nitrogens with zero attached hydrogens (tertiary/aromatic N) is 6. The SMILES string of the molecule is Cc1cc(C)n2nc(S[C@H](C)C(=O)Nc3c(C)n(C)n(-c4ccccc4)c3=O)nc2n1. The van der Waals surface area contributed by atoms with Crippen molar-refractivity contribution in [2.45, 2.75) is 38.1 Å². The normalized spacial score (nSPS) is 12.3. The molecule has 0 saturated carbocycles. The Morgan fingerprint density at radius 3 is 2.55 bits per heavy atom. The van der Waals surface area contributed by atoms with E-state index in [1.165, 1.54) is 16.4 Å². The maximum absolute atomic E-state index is 13.0. The number of nitrogens with one attached hydrogen (secondary N) is 1. The van der Waals surface area contributed by atoms with E-state index in [1.807, 2.05) is 50.2 Å². The minimum atomic E-state index is -0.511. The highest BCUT2D eigenvalue weighted by Crippen LogP contribution is 2.22. The van der Waals surface area contributed by atoms with E-state index in [9.17, 15) is 9.59 Å². The lowest BCUT2D eigenvalue weighted by Crippen LogP contribution is -2.27. The number of para-hydroxylation sites is 1. The van der Waals surface area contributed by atoms with Gasteiger partial charge in [-0.3, -0.25) is 14.3 Å². The van der Waals surface area contributed by atoms with Crippen molar-refractivity contribution in [3.63, 3.8) is 0 Å². The summed E-state index contributed by atoms with van der Waals surface area (Å²) in [6.45, 7) is 7.38. The van der Waals surface area contributed by atoms with Crippen LogP contribution in [0.1, 0.15) is 24.0 Å². The molecular formula is C21H23N7O2S. The lowest BCUT2D eigenvalue weighted by atomic mass is 10.3. The summed E-state index contributed by atoms with van der Waals surface area (Å²) in [5, 5.41) is 7.17. The summed E-state index contributed by atoms with van der Waals surface area (Å²) in [5.74, 6) is 0.202. The molecule has 0 aliphatic carbocycles. The number of rotatable bonds is 5. The smallest absolute Gasteiger partial charge is 0.295 e. The minimum Gasteiger partial charge on any atom is -0.319 e. The van der Waals surface area contributed by atoms with Crippen LogP contribution in [0.2, 0.25) is 0 Å². The van der Waals surface area contributed by atoms with Gasteiger partial charge in [0.05, 0.1) is 16.6 Å². The van der Waals surface area contributed by atoms with Crippen molar-refractivity contribution in [2.24, 2.45) is 7.05 Å². The first-order chi connectivity index (χ1) is 14.8. The van der Waals surface area contributed by atoms with E-state index in [1.54, 1.807) is 30.1 Å². The summed E-state index contributed by atoms with van der Waals surface area (Å²) < 4.78 is 4.91. The van der Waals surface area contributed by atoms with E-state index in [4.69, 9.17) is 0 Å². The predicted molar refractivity (Wildman–Crippen MR) is 120 cm³/mol. The molecule has 1 amide bonds. The van der Waals surface area contributed by atoms with Crippen molar-refractivity contribution < 1.29 is 4.79 Å². The van der Waals surface area contributed by atoms with Gasteiger partial charge in [0.15, 0.2) is 0 Å². The van der Waals surface area contributed by atoms with Crippen LogP contribution in [0.3, 0.4) is 0 Å². The van der Waals surface area contributed by atoms with Crippen molar-refractivity contribution >= 4 is 29.1 Å². The first-order valence-electron chi connectivity index (χ1n) is 9.79. The Bertz CT molecular complexity index is 1340. The van der Waals surface area contributed by atoms with E-state index in [0.717, 1.165) is 17.1 Å². The molecule has 0 aliphatic heterocycles. The van der Waals surface area contributed by atoms with E-state index < -0.39 is 5.25 Å². The Balaban J connectivity index is 1.56. The van der Waals surface area contributed by atoms with Crippen LogP contribution in [0.25, 0.3) is 11.5 Å². The van der Waals surface area contributed by atoms with Gasteiger partial charge >= 0.3 is 0 Å². The number of thioether (sulfide) groups is 1. The highest BCUT2D eigenvalue weighted by atomic mass is 32.2. The monoisotopic (exact) mass is 437 g/mol. The van der Waals surface area contributed by atoms with Crippen molar-refractivity contribution in [2.75, 3.05) is 5.32 Å². The first kappa shape index (κ1) is 20.9. The number of fused-ring (bicyclic) bond motifs is 1. The minimum absolute atomic E-state index is 0.264. The number of hydrogen-bond donors (Lipinski definition) is 1. The van der Waals surface area contributed by atoms with E-state index >= 15 is 0 Å². The molecule has 4 aromatic rings. The molecule has 4 rings (SSSR count). The second-order valence-electron chi connectivity index (χ2n) is 7.33. The molecular weight excluding hydrogens is 414 g/mol. The third-order valence-electron chi connectivity index (χ3n) is 5.05. The molecule has 1 aromatic carbocycles. The summed E-state index contributed by atoms with van der Waals surface area (Å²) in [4.78, 5) is 34.6. The Morgan fingerprint density at radius 1 is 1.13 bits per heavy atom. The van der Waals surface area contributed by atoms with Gasteiger partial charge in [0.2, 0.25) is 11.1 Å². The number of carbonyl (C=O) groups excluding carboxylic acids is 1. The first-order valence-corrected chi connectivity index (χ1v) is 10.7. The van der Waals surface area contributed by atoms with Crippen LogP contribution in [0.5, 0.6) is 0 Å². The van der Waals surface area contributed by atoms with Gasteiger partial charge in [-0.1, -0.05) is 30.0 Å². The number of benzene rings is 1. The van der Waals surface area contributed by atoms with E-state index in [2.05, 4.69) is 20.4 Å². The summed E-state index contributed by atoms with van der Waals surface area (Å²) in [7, 11) is 1.79. The molecule has 10 heteroatoms. The highest BCUT2D eigenvalue weighted by Gasteiger charge is 2.23. The zero-order chi connectivity index (χ0) is 22.3. The van der Waals surface area contributed by atoms with Gasteiger partial charge in [0.25, 0.3) is 11.3 Å². The third-order valence-corrected chi connectivity index (χ3v) is 6.00. The molecule has 1 atom stereocenters. The van der Waals surface area contributed by atoms with Crippen molar-refractivity contribution in [3.05, 3.63) is 63.8 Å². The summed E-state index contributed by atoms with van der Waals surface area (Å²) in [5.41, 5.74) is 3.15. The molecule has 9 nitrogen and oxygen atoms in total. The van der Waals surface area contributed by atoms with Crippen LogP contribution >= 0.6 is 11.8 Å². The van der Waals surface area contributed by atoms with Crippen molar-refractivity contribution in [1.82, 2.24) is 28.9 Å². The fraction of sp³-hybridized carbons (Fsp3) is 0.286. The molecule has 0 fully saturated rings. The van der Waals surface area contributed by atoms with Gasteiger partial charge in [0.1, 0.15) is 5.69 Å². The zero-order valence-corrected chi connectivity index (χ0v) is 18.8. The van der Waals surface area contributed by atoms with Gasteiger partial charge in [-0.15, -0.1) is 5.10 Å². The molecule has 3 heterocycles. The molecule has 0 bridgehead atoms. The quantitative estimate of drug-likeness (QED) is 0.482. The molecule has 31 heavy (non-hydrogen) atoms. The van der Waals surface area contributed by atoms with Gasteiger partial charge in [-0.2, -0.15) is 4.98 Å². The number of carbonyl (C=O) groups is 1. The van der Waals surface area contributed by atoms with Gasteiger partial charge in [0, 0.05) is 18.4 Å². The van der Waals surface area contributed by atoms with Crippen LogP contribution < -0.4 is 10.9 Å². The van der Waals surface area contributed by atoms with E-state index in [0.29, 0.717) is 16.6 Å². The predicted octanol–water partition coefficient (Wildman–Crippen LogP) is 2.66. The lowest BCUT2D eigenvalue weighted by molar-refractivity contribution is -0.115. The van der Waals surface area contributed by atoms with Crippen LogP contribution in [0.4, 0.5) is 5.69 Å². The Labute approximate surface area is 183 Å². The maximum Gasteiger partial charge on any atom is 0.295 e. The third kappa shape index (κ3) is 3.86. The molecule has 160 valence electrons. The fourth-order valence-electron chi connectivity index (χ4n) is 3.35. The zero-order valence-electron chi connectivity index (χ0n) is 17.9. The lowest BCUT2D eigenvalue weighted by Gasteiger charge is -2.09. The Hall–Kier alpha value is -3.40. The highest BCUT2D eigenvalue weighted by molar-refractivity contribution is 8.00. The van der Waals surface area contributed by atoms with Crippen LogP contribution in [-0.4, -0.2) is 40.1 Å². The number of aryl methyl sites for hydroxylation is 2. The van der Waals surface area contributed by atoms with Gasteiger partial charge in [-0.05, 0) is 45.9 Å². The molecule has 0 saturated heterocycles. The molecule has 0 aliphatic rings. The molecule has 0 spiro atoms. The number of anilines is 1. The average molecular weight is 438 g/mol. The molecule has 3 aromatic heterocycles. The molecule has 1 N–H and O–H groups in total. The van der Waals surface area contributed by atoms with Crippen molar-refractivity contribution in [1.29, 1.82) is 0 Å². The standard InChI is InChI=1S/C21H23N7O2S/c1-12-11-13(2)27-20(22-12)24-21(25-27)31-15(4)18(29)23-17-14(3)26(5)28(19(17)30)16-9-7-6-8-10-16/h6-11,15H,1-5H3,(H,23,29)/t15-/m1/s1. The fourth-order valence-corrected chi connectivity index (χ4v) is 4.09. The summed E-state index contributed by atoms with van der Waals surface area (Å²) >= 11 is 1.22.